The van der Waals surface area contributed by atoms with Crippen molar-refractivity contribution in [2.24, 2.45) is 0 Å². The lowest BCUT2D eigenvalue weighted by molar-refractivity contribution is 1.73. The average Bonchev–Trinajstić information content (AvgIpc) is 1.85. The van der Waals surface area contributed by atoms with Gasteiger partial charge in [0.25, 0.3) is 0 Å². The van der Waals surface area contributed by atoms with Crippen molar-refractivity contribution in [1.29, 1.82) is 0 Å². The van der Waals surface area contributed by atoms with Gasteiger partial charge in [-0.05, 0) is 25.5 Å². The Bertz CT molecular complexity index is 240. The van der Waals surface area contributed by atoms with E-state index in [1.165, 1.54) is 0 Å². The van der Waals surface area contributed by atoms with E-state index >= 15 is 0 Å². The fourth-order valence-electron chi connectivity index (χ4n) is 1.00. The van der Waals surface area contributed by atoms with Crippen molar-refractivity contribution in [2.45, 2.75) is 0 Å². The summed E-state index contributed by atoms with van der Waals surface area (Å²) in [4.78, 5) is 0. The van der Waals surface area contributed by atoms with Gasteiger partial charge in [0, 0.05) is 11.0 Å². The molecule has 1 rings (SSSR count). The highest BCUT2D eigenvalue weighted by Crippen LogP contribution is 2.30. The van der Waals surface area contributed by atoms with Crippen molar-refractivity contribution in [2.75, 3.05) is 19.1 Å². The van der Waals surface area contributed by atoms with Crippen molar-refractivity contribution in [1.82, 2.24) is 0 Å². The molecule has 1 nitrogen and oxygen atoms in total. The van der Waals surface area contributed by atoms with Crippen LogP contribution in [0.25, 0.3) is 0 Å². The second-order valence-corrected chi connectivity index (χ2v) is 5.22. The molecule has 0 radical (unpaired) electrons. The molecule has 0 aliphatic carbocycles. The first-order valence-corrected chi connectivity index (χ1v) is 5.95. The molecule has 0 aliphatic rings. The van der Waals surface area contributed by atoms with Crippen LogP contribution in [0.1, 0.15) is 0 Å². The molecule has 0 bridgehead atoms. The Morgan fingerprint density at radius 2 is 2.00 bits per heavy atom. The van der Waals surface area contributed by atoms with E-state index in [0.29, 0.717) is 0 Å². The molecule has 2 N–H and O–H groups in total. The van der Waals surface area contributed by atoms with Crippen molar-refractivity contribution in [3.63, 3.8) is 0 Å². The number of rotatable bonds is 1. The van der Waals surface area contributed by atoms with Gasteiger partial charge in [-0.15, -0.1) is 0 Å². The normalized spacial score (nSPS) is 10.5. The molecule has 60 valence electrons. The van der Waals surface area contributed by atoms with E-state index in [1.807, 2.05) is 18.2 Å². The Balaban J connectivity index is 3.21. The molecule has 0 aliphatic heterocycles. The molecule has 3 heteroatoms. The van der Waals surface area contributed by atoms with Gasteiger partial charge in [-0.3, -0.25) is 0 Å². The van der Waals surface area contributed by atoms with Crippen LogP contribution in [-0.2, 0) is 0 Å². The largest absolute Gasteiger partial charge is 0.398 e. The van der Waals surface area contributed by atoms with Crippen LogP contribution in [0.2, 0.25) is 5.02 Å². The number of hydrogen-bond acceptors (Lipinski definition) is 1. The monoisotopic (exact) mass is 187 g/mol. The molecule has 0 spiro atoms. The smallest absolute Gasteiger partial charge is 0.0503 e. The zero-order chi connectivity index (χ0) is 8.43. The summed E-state index contributed by atoms with van der Waals surface area (Å²) in [5.74, 6) is 0. The van der Waals surface area contributed by atoms with Crippen LogP contribution < -0.4 is 11.0 Å². The molecule has 0 saturated heterocycles. The molecule has 1 aromatic carbocycles. The third-order valence-corrected chi connectivity index (χ3v) is 3.31. The summed E-state index contributed by atoms with van der Waals surface area (Å²) in [5.41, 5.74) is 6.57. The molecule has 1 aromatic rings. The molecule has 0 saturated carbocycles. The van der Waals surface area contributed by atoms with Gasteiger partial charge in [0.05, 0.1) is 5.02 Å². The second kappa shape index (κ2) is 3.42. The maximum atomic E-state index is 5.96. The highest BCUT2D eigenvalue weighted by molar-refractivity contribution is 7.64. The Morgan fingerprint density at radius 3 is 2.36 bits per heavy atom. The highest BCUT2D eigenvalue weighted by atomic mass is 35.5. The topological polar surface area (TPSA) is 26.0 Å². The maximum absolute atomic E-state index is 5.96. The average molecular weight is 188 g/mol. The maximum Gasteiger partial charge on any atom is 0.0503 e. The zero-order valence-corrected chi connectivity index (χ0v) is 8.28. The van der Waals surface area contributed by atoms with E-state index in [4.69, 9.17) is 17.3 Å². The predicted octanol–water partition coefficient (Wildman–Crippen LogP) is 2.29. The summed E-state index contributed by atoms with van der Waals surface area (Å²) in [6.07, 6.45) is 0. The van der Waals surface area contributed by atoms with Gasteiger partial charge in [-0.1, -0.05) is 25.6 Å². The standard InChI is InChI=1S/C8H11ClNP/c1-11(2)8-6(9)4-3-5-7(8)10/h3-5H,10H2,1-2H3. The number of benzene rings is 1. The fourth-order valence-corrected chi connectivity index (χ4v) is 2.79. The molecule has 0 aromatic heterocycles. The minimum absolute atomic E-state index is 0.194. The lowest BCUT2D eigenvalue weighted by Gasteiger charge is -2.10. The minimum Gasteiger partial charge on any atom is -0.398 e. The van der Waals surface area contributed by atoms with Crippen LogP contribution in [0.5, 0.6) is 0 Å². The van der Waals surface area contributed by atoms with E-state index in [2.05, 4.69) is 13.3 Å². The molecule has 11 heavy (non-hydrogen) atoms. The Kier molecular flexibility index (Phi) is 2.75. The van der Waals surface area contributed by atoms with Gasteiger partial charge in [0.2, 0.25) is 0 Å². The van der Waals surface area contributed by atoms with Gasteiger partial charge in [-0.25, -0.2) is 0 Å². The van der Waals surface area contributed by atoms with Crippen LogP contribution in [0.4, 0.5) is 5.69 Å². The predicted molar refractivity (Wildman–Crippen MR) is 54.3 cm³/mol. The Hall–Kier alpha value is -0.260. The SMILES string of the molecule is CP(C)c1c(N)cccc1Cl. The molecular formula is C8H11ClNP. The number of hydrogen-bond donors (Lipinski definition) is 1. The van der Waals surface area contributed by atoms with E-state index < -0.39 is 0 Å². The summed E-state index contributed by atoms with van der Waals surface area (Å²) in [6.45, 7) is 4.29. The van der Waals surface area contributed by atoms with Crippen molar-refractivity contribution >= 4 is 30.5 Å². The molecular weight excluding hydrogens is 177 g/mol. The molecule has 0 heterocycles. The summed E-state index contributed by atoms with van der Waals surface area (Å²) < 4.78 is 0. The first-order chi connectivity index (χ1) is 5.13. The quantitative estimate of drug-likeness (QED) is 0.530. The Labute approximate surface area is 73.3 Å². The van der Waals surface area contributed by atoms with E-state index in [1.54, 1.807) is 0 Å². The van der Waals surface area contributed by atoms with Crippen LogP contribution >= 0.6 is 19.5 Å². The summed E-state index contributed by atoms with van der Waals surface area (Å²) in [5, 5.41) is 1.91. The number of nitrogen functional groups attached to an aromatic ring is 1. The van der Waals surface area contributed by atoms with E-state index in [-0.39, 0.29) is 7.92 Å². The third kappa shape index (κ3) is 1.85. The van der Waals surface area contributed by atoms with Gasteiger partial charge < -0.3 is 5.73 Å². The number of nitrogens with two attached hydrogens (primary N) is 1. The Morgan fingerprint density at radius 1 is 1.36 bits per heavy atom. The molecule has 0 amide bonds. The number of anilines is 1. The lowest BCUT2D eigenvalue weighted by atomic mass is 10.3. The van der Waals surface area contributed by atoms with Crippen LogP contribution in [-0.4, -0.2) is 13.3 Å². The van der Waals surface area contributed by atoms with E-state index in [9.17, 15) is 0 Å². The zero-order valence-electron chi connectivity index (χ0n) is 6.63. The summed E-state index contributed by atoms with van der Waals surface area (Å²) in [6, 6.07) is 5.65. The highest BCUT2D eigenvalue weighted by Gasteiger charge is 2.06. The minimum atomic E-state index is -0.194. The number of halogens is 1. The van der Waals surface area contributed by atoms with Crippen molar-refractivity contribution in [3.05, 3.63) is 23.2 Å². The van der Waals surface area contributed by atoms with Crippen LogP contribution in [0, 0.1) is 0 Å². The van der Waals surface area contributed by atoms with E-state index in [0.717, 1.165) is 16.0 Å². The van der Waals surface area contributed by atoms with Crippen LogP contribution in [0.15, 0.2) is 18.2 Å². The van der Waals surface area contributed by atoms with Gasteiger partial charge in [-0.2, -0.15) is 0 Å². The summed E-state index contributed by atoms with van der Waals surface area (Å²) in [7, 11) is -0.194. The molecule has 0 atom stereocenters. The molecule has 0 fully saturated rings. The third-order valence-electron chi connectivity index (χ3n) is 1.47. The van der Waals surface area contributed by atoms with Gasteiger partial charge >= 0.3 is 0 Å². The first-order valence-electron chi connectivity index (χ1n) is 3.34. The second-order valence-electron chi connectivity index (χ2n) is 2.57. The van der Waals surface area contributed by atoms with Crippen LogP contribution in [0.3, 0.4) is 0 Å². The van der Waals surface area contributed by atoms with Crippen molar-refractivity contribution in [3.8, 4) is 0 Å². The van der Waals surface area contributed by atoms with Gasteiger partial charge in [0.15, 0.2) is 0 Å². The summed E-state index contributed by atoms with van der Waals surface area (Å²) >= 11 is 5.96. The molecule has 0 unspecified atom stereocenters. The fraction of sp³-hybridized carbons (Fsp3) is 0.250. The van der Waals surface area contributed by atoms with Gasteiger partial charge in [0.1, 0.15) is 0 Å². The first kappa shape index (κ1) is 8.83. The lowest BCUT2D eigenvalue weighted by Crippen LogP contribution is -2.07. The van der Waals surface area contributed by atoms with Crippen molar-refractivity contribution < 1.29 is 0 Å².